The number of para-hydroxylation sites is 1. The van der Waals surface area contributed by atoms with Crippen molar-refractivity contribution in [3.05, 3.63) is 29.8 Å². The molecule has 2 rings (SSSR count). The Balaban J connectivity index is 2.16. The summed E-state index contributed by atoms with van der Waals surface area (Å²) in [6.07, 6.45) is 2.38. The summed E-state index contributed by atoms with van der Waals surface area (Å²) in [4.78, 5) is 10.9. The van der Waals surface area contributed by atoms with E-state index in [0.717, 1.165) is 18.4 Å². The first-order chi connectivity index (χ1) is 7.68. The van der Waals surface area contributed by atoms with Crippen molar-refractivity contribution in [1.29, 1.82) is 0 Å². The third-order valence-electron chi connectivity index (χ3n) is 3.00. The predicted molar refractivity (Wildman–Crippen MR) is 59.3 cm³/mol. The first kappa shape index (κ1) is 11.0. The number of carboxylic acid groups (broad SMARTS) is 1. The molecule has 0 amide bonds. The van der Waals surface area contributed by atoms with Gasteiger partial charge < -0.3 is 10.2 Å². The number of piperidine rings is 1. The van der Waals surface area contributed by atoms with E-state index in [1.807, 2.05) is 12.1 Å². The molecule has 2 atom stereocenters. The average Bonchev–Trinajstić information content (AvgIpc) is 2.30. The molecule has 1 aliphatic rings. The maximum atomic E-state index is 10.9. The summed E-state index contributed by atoms with van der Waals surface area (Å²) in [6.45, 7) is 0. The minimum Gasteiger partial charge on any atom is -0.508 e. The van der Waals surface area contributed by atoms with Gasteiger partial charge in [-0.05, 0) is 25.3 Å². The highest BCUT2D eigenvalue weighted by molar-refractivity contribution is 5.73. The Morgan fingerprint density at radius 3 is 2.75 bits per heavy atom. The van der Waals surface area contributed by atoms with Gasteiger partial charge in [0.15, 0.2) is 0 Å². The van der Waals surface area contributed by atoms with Crippen LogP contribution in [0.4, 0.5) is 0 Å². The SMILES string of the molecule is O=C(O)C1CCCC(c2ccccc2O)N1. The molecule has 1 aromatic rings. The van der Waals surface area contributed by atoms with Crippen LogP contribution in [0.3, 0.4) is 0 Å². The van der Waals surface area contributed by atoms with Crippen molar-refractivity contribution >= 4 is 5.97 Å². The lowest BCUT2D eigenvalue weighted by Crippen LogP contribution is -2.42. The third kappa shape index (κ3) is 2.17. The van der Waals surface area contributed by atoms with E-state index in [1.54, 1.807) is 12.1 Å². The first-order valence-corrected chi connectivity index (χ1v) is 5.45. The summed E-state index contributed by atoms with van der Waals surface area (Å²) < 4.78 is 0. The van der Waals surface area contributed by atoms with Gasteiger partial charge in [-0.25, -0.2) is 0 Å². The normalized spacial score (nSPS) is 25.2. The van der Waals surface area contributed by atoms with Gasteiger partial charge in [0, 0.05) is 11.6 Å². The van der Waals surface area contributed by atoms with Crippen molar-refractivity contribution < 1.29 is 15.0 Å². The molecule has 1 heterocycles. The van der Waals surface area contributed by atoms with E-state index in [-0.39, 0.29) is 11.8 Å². The van der Waals surface area contributed by atoms with Gasteiger partial charge in [-0.3, -0.25) is 10.1 Å². The van der Waals surface area contributed by atoms with Gasteiger partial charge >= 0.3 is 5.97 Å². The number of nitrogens with one attached hydrogen (secondary N) is 1. The molecular formula is C12H15NO3. The number of phenols is 1. The Hall–Kier alpha value is -1.55. The number of aliphatic carboxylic acids is 1. The van der Waals surface area contributed by atoms with Crippen LogP contribution in [0.2, 0.25) is 0 Å². The van der Waals surface area contributed by atoms with Crippen molar-refractivity contribution in [3.63, 3.8) is 0 Å². The number of phenolic OH excluding ortho intramolecular Hbond substituents is 1. The van der Waals surface area contributed by atoms with Crippen LogP contribution in [-0.4, -0.2) is 22.2 Å². The highest BCUT2D eigenvalue weighted by Gasteiger charge is 2.27. The number of hydrogen-bond donors (Lipinski definition) is 3. The van der Waals surface area contributed by atoms with Crippen LogP contribution in [0.5, 0.6) is 5.75 Å². The lowest BCUT2D eigenvalue weighted by Gasteiger charge is -2.29. The second kappa shape index (κ2) is 4.53. The average molecular weight is 221 g/mol. The molecule has 0 saturated carbocycles. The Morgan fingerprint density at radius 2 is 2.06 bits per heavy atom. The molecule has 3 N–H and O–H groups in total. The van der Waals surface area contributed by atoms with E-state index in [9.17, 15) is 9.90 Å². The maximum Gasteiger partial charge on any atom is 0.320 e. The molecule has 1 saturated heterocycles. The number of carboxylic acids is 1. The van der Waals surface area contributed by atoms with Crippen LogP contribution >= 0.6 is 0 Å². The van der Waals surface area contributed by atoms with Gasteiger partial charge in [0.2, 0.25) is 0 Å². The van der Waals surface area contributed by atoms with Crippen molar-refractivity contribution in [2.45, 2.75) is 31.3 Å². The maximum absolute atomic E-state index is 10.9. The van der Waals surface area contributed by atoms with Crippen LogP contribution in [0.1, 0.15) is 30.9 Å². The summed E-state index contributed by atoms with van der Waals surface area (Å²) in [5.41, 5.74) is 0.786. The zero-order valence-electron chi connectivity index (χ0n) is 8.89. The number of rotatable bonds is 2. The van der Waals surface area contributed by atoms with Crippen LogP contribution < -0.4 is 5.32 Å². The quantitative estimate of drug-likeness (QED) is 0.710. The molecule has 1 aliphatic heterocycles. The lowest BCUT2D eigenvalue weighted by molar-refractivity contribution is -0.140. The van der Waals surface area contributed by atoms with Crippen LogP contribution in [0, 0.1) is 0 Å². The summed E-state index contributed by atoms with van der Waals surface area (Å²) in [7, 11) is 0. The Labute approximate surface area is 93.9 Å². The highest BCUT2D eigenvalue weighted by atomic mass is 16.4. The summed E-state index contributed by atoms with van der Waals surface area (Å²) in [5, 5.41) is 21.7. The lowest BCUT2D eigenvalue weighted by atomic mass is 9.93. The molecule has 4 nitrogen and oxygen atoms in total. The van der Waals surface area contributed by atoms with E-state index >= 15 is 0 Å². The molecule has 86 valence electrons. The number of benzene rings is 1. The molecule has 0 bridgehead atoms. The Kier molecular flexibility index (Phi) is 3.10. The van der Waals surface area contributed by atoms with E-state index in [1.165, 1.54) is 0 Å². The zero-order chi connectivity index (χ0) is 11.5. The molecule has 0 radical (unpaired) electrons. The fourth-order valence-electron chi connectivity index (χ4n) is 2.16. The van der Waals surface area contributed by atoms with E-state index < -0.39 is 12.0 Å². The van der Waals surface area contributed by atoms with Crippen LogP contribution in [-0.2, 0) is 4.79 Å². The smallest absolute Gasteiger partial charge is 0.320 e. The van der Waals surface area contributed by atoms with Gasteiger partial charge in [0.1, 0.15) is 11.8 Å². The van der Waals surface area contributed by atoms with E-state index in [0.29, 0.717) is 6.42 Å². The third-order valence-corrected chi connectivity index (χ3v) is 3.00. The van der Waals surface area contributed by atoms with E-state index in [4.69, 9.17) is 5.11 Å². The minimum atomic E-state index is -0.819. The molecule has 1 aromatic carbocycles. The standard InChI is InChI=1S/C12H15NO3/c14-11-7-2-1-4-8(11)9-5-3-6-10(13-9)12(15)16/h1-2,4,7,9-10,13-14H,3,5-6H2,(H,15,16). The highest BCUT2D eigenvalue weighted by Crippen LogP contribution is 2.30. The van der Waals surface area contributed by atoms with Crippen molar-refractivity contribution in [2.75, 3.05) is 0 Å². The number of aromatic hydroxyl groups is 1. The van der Waals surface area contributed by atoms with Crippen molar-refractivity contribution in [1.82, 2.24) is 5.32 Å². The largest absolute Gasteiger partial charge is 0.508 e. The topological polar surface area (TPSA) is 69.6 Å². The fraction of sp³-hybridized carbons (Fsp3) is 0.417. The second-order valence-corrected chi connectivity index (χ2v) is 4.10. The Bertz CT molecular complexity index is 392. The molecule has 0 spiro atoms. The fourth-order valence-corrected chi connectivity index (χ4v) is 2.16. The van der Waals surface area contributed by atoms with Crippen molar-refractivity contribution in [2.24, 2.45) is 0 Å². The minimum absolute atomic E-state index is 0.0592. The van der Waals surface area contributed by atoms with Gasteiger partial charge in [-0.1, -0.05) is 18.2 Å². The van der Waals surface area contributed by atoms with E-state index in [2.05, 4.69) is 5.32 Å². The molecule has 4 heteroatoms. The van der Waals surface area contributed by atoms with Gasteiger partial charge in [0.25, 0.3) is 0 Å². The monoisotopic (exact) mass is 221 g/mol. The molecule has 0 aromatic heterocycles. The number of hydrogen-bond acceptors (Lipinski definition) is 3. The van der Waals surface area contributed by atoms with Crippen LogP contribution in [0.25, 0.3) is 0 Å². The second-order valence-electron chi connectivity index (χ2n) is 4.10. The van der Waals surface area contributed by atoms with Crippen molar-refractivity contribution in [3.8, 4) is 5.75 Å². The summed E-state index contributed by atoms with van der Waals surface area (Å²) >= 11 is 0. The molecule has 1 fully saturated rings. The first-order valence-electron chi connectivity index (χ1n) is 5.45. The molecule has 2 unspecified atom stereocenters. The number of carbonyl (C=O) groups is 1. The zero-order valence-corrected chi connectivity index (χ0v) is 8.89. The van der Waals surface area contributed by atoms with Gasteiger partial charge in [0.05, 0.1) is 0 Å². The summed E-state index contributed by atoms with van der Waals surface area (Å²) in [5.74, 6) is -0.592. The van der Waals surface area contributed by atoms with Gasteiger partial charge in [-0.15, -0.1) is 0 Å². The van der Waals surface area contributed by atoms with Crippen LogP contribution in [0.15, 0.2) is 24.3 Å². The van der Waals surface area contributed by atoms with Gasteiger partial charge in [-0.2, -0.15) is 0 Å². The summed E-state index contributed by atoms with van der Waals surface area (Å²) in [6, 6.07) is 6.50. The predicted octanol–water partition coefficient (Wildman–Crippen LogP) is 1.66. The Morgan fingerprint density at radius 1 is 1.31 bits per heavy atom. The molecule has 16 heavy (non-hydrogen) atoms. The molecule has 0 aliphatic carbocycles. The molecular weight excluding hydrogens is 206 g/mol.